The van der Waals surface area contributed by atoms with E-state index < -0.39 is 11.9 Å². The Bertz CT molecular complexity index is 1180. The number of allylic oxidation sites excluding steroid dienone is 1. The number of methoxy groups -OCH3 is 6. The zero-order chi connectivity index (χ0) is 25.0. The molecule has 1 heterocycles. The number of hydrogen-bond acceptors (Lipinski definition) is 8. The molecule has 0 aromatic heterocycles. The number of carbonyl (C=O) groups excluding carboxylic acids is 2. The summed E-state index contributed by atoms with van der Waals surface area (Å²) < 4.78 is 32.0. The van der Waals surface area contributed by atoms with Crippen LogP contribution in [-0.4, -0.2) is 54.5 Å². The summed E-state index contributed by atoms with van der Waals surface area (Å²) in [5.41, 5.74) is 1.72. The van der Waals surface area contributed by atoms with Crippen LogP contribution in [0.3, 0.4) is 0 Å². The van der Waals surface area contributed by atoms with Crippen molar-refractivity contribution in [3.63, 3.8) is 0 Å². The summed E-state index contributed by atoms with van der Waals surface area (Å²) in [7, 11) is 8.77. The first-order valence-electron chi connectivity index (χ1n) is 10.2. The maximum Gasteiger partial charge on any atom is 0.340 e. The number of rotatable bonds is 8. The van der Waals surface area contributed by atoms with E-state index in [1.165, 1.54) is 47.6 Å². The molecule has 1 aliphatic heterocycles. The van der Waals surface area contributed by atoms with Crippen LogP contribution in [0.25, 0.3) is 6.08 Å². The zero-order valence-corrected chi connectivity index (χ0v) is 20.2. The normalized spacial score (nSPS) is 14.4. The Morgan fingerprint density at radius 2 is 1.41 bits per heavy atom. The van der Waals surface area contributed by atoms with E-state index in [-0.39, 0.29) is 11.1 Å². The summed E-state index contributed by atoms with van der Waals surface area (Å²) >= 11 is 0. The van der Waals surface area contributed by atoms with E-state index in [1.54, 1.807) is 43.3 Å². The Labute approximate surface area is 198 Å². The standard InChI is InChI=1S/C25H27NO8/c1-14-21(25(28)34-7)17(12-15-8-10-19(30-3)23(33-6)22(15)32-5)24(27)26(14)16-9-11-18(29-2)20(13-16)31-4/h8-13H,1-7H3/b17-12-. The van der Waals surface area contributed by atoms with Crippen molar-refractivity contribution in [2.75, 3.05) is 47.6 Å². The minimum Gasteiger partial charge on any atom is -0.493 e. The largest absolute Gasteiger partial charge is 0.493 e. The molecule has 1 amide bonds. The van der Waals surface area contributed by atoms with Crippen LogP contribution in [0.5, 0.6) is 28.7 Å². The van der Waals surface area contributed by atoms with Crippen molar-refractivity contribution in [2.45, 2.75) is 6.92 Å². The average Bonchev–Trinajstić information content (AvgIpc) is 3.11. The highest BCUT2D eigenvalue weighted by atomic mass is 16.5. The van der Waals surface area contributed by atoms with E-state index in [0.29, 0.717) is 45.7 Å². The molecule has 0 atom stereocenters. The molecule has 0 radical (unpaired) electrons. The lowest BCUT2D eigenvalue weighted by molar-refractivity contribution is -0.136. The number of anilines is 1. The van der Waals surface area contributed by atoms with E-state index in [4.69, 9.17) is 28.4 Å². The highest BCUT2D eigenvalue weighted by molar-refractivity contribution is 6.24. The van der Waals surface area contributed by atoms with Crippen LogP contribution in [0, 0.1) is 0 Å². The van der Waals surface area contributed by atoms with Gasteiger partial charge in [0.1, 0.15) is 0 Å². The Hall–Kier alpha value is -4.14. The number of carbonyl (C=O) groups is 2. The van der Waals surface area contributed by atoms with E-state index >= 15 is 0 Å². The topological polar surface area (TPSA) is 92.8 Å². The second-order valence-corrected chi connectivity index (χ2v) is 7.11. The Morgan fingerprint density at radius 1 is 0.794 bits per heavy atom. The monoisotopic (exact) mass is 469 g/mol. The van der Waals surface area contributed by atoms with Gasteiger partial charge in [0.15, 0.2) is 23.0 Å². The van der Waals surface area contributed by atoms with Crippen molar-refractivity contribution in [2.24, 2.45) is 0 Å². The van der Waals surface area contributed by atoms with Crippen LogP contribution in [-0.2, 0) is 14.3 Å². The van der Waals surface area contributed by atoms with Gasteiger partial charge in [-0.15, -0.1) is 0 Å². The summed E-state index contributed by atoms with van der Waals surface area (Å²) in [6.07, 6.45) is 1.57. The first-order valence-corrected chi connectivity index (χ1v) is 10.2. The SMILES string of the molecule is COC(=O)C1=C(C)N(c2ccc(OC)c(OC)c2)C(=O)/C1=C\c1ccc(OC)c(OC)c1OC. The quantitative estimate of drug-likeness (QED) is 0.428. The van der Waals surface area contributed by atoms with Crippen LogP contribution in [0.1, 0.15) is 12.5 Å². The van der Waals surface area contributed by atoms with Crippen molar-refractivity contribution < 1.29 is 38.0 Å². The van der Waals surface area contributed by atoms with Crippen molar-refractivity contribution in [3.05, 3.63) is 52.7 Å². The first kappa shape index (κ1) is 24.5. The van der Waals surface area contributed by atoms with E-state index in [9.17, 15) is 9.59 Å². The smallest absolute Gasteiger partial charge is 0.340 e. The summed E-state index contributed by atoms with van der Waals surface area (Å²) in [5, 5.41) is 0. The lowest BCUT2D eigenvalue weighted by Crippen LogP contribution is -2.24. The number of hydrogen-bond donors (Lipinski definition) is 0. The van der Waals surface area contributed by atoms with Gasteiger partial charge in [-0.25, -0.2) is 4.79 Å². The van der Waals surface area contributed by atoms with Gasteiger partial charge in [0, 0.05) is 17.3 Å². The molecule has 0 fully saturated rings. The molecule has 1 aliphatic rings. The predicted molar refractivity (Wildman–Crippen MR) is 126 cm³/mol. The minimum atomic E-state index is -0.639. The van der Waals surface area contributed by atoms with Gasteiger partial charge in [-0.05, 0) is 37.3 Å². The molecule has 0 N–H and O–H groups in total. The second-order valence-electron chi connectivity index (χ2n) is 7.11. The maximum absolute atomic E-state index is 13.6. The Kier molecular flexibility index (Phi) is 7.35. The third kappa shape index (κ3) is 4.12. The molecule has 9 nitrogen and oxygen atoms in total. The third-order valence-electron chi connectivity index (χ3n) is 5.45. The fraction of sp³-hybridized carbons (Fsp3) is 0.280. The van der Waals surface area contributed by atoms with Crippen molar-refractivity contribution in [1.29, 1.82) is 0 Å². The molecular weight excluding hydrogens is 442 g/mol. The van der Waals surface area contributed by atoms with E-state index in [1.807, 2.05) is 0 Å². The van der Waals surface area contributed by atoms with Crippen LogP contribution in [0.2, 0.25) is 0 Å². The third-order valence-corrected chi connectivity index (χ3v) is 5.45. The summed E-state index contributed by atoms with van der Waals surface area (Å²) in [5.74, 6) is 1.08. The van der Waals surface area contributed by atoms with Gasteiger partial charge in [0.05, 0.1) is 59.5 Å². The van der Waals surface area contributed by atoms with Crippen molar-refractivity contribution >= 4 is 23.6 Å². The fourth-order valence-corrected chi connectivity index (χ4v) is 3.85. The summed E-state index contributed by atoms with van der Waals surface area (Å²) in [6, 6.07) is 8.45. The van der Waals surface area contributed by atoms with Gasteiger partial charge in [0.25, 0.3) is 5.91 Å². The predicted octanol–water partition coefficient (Wildman–Crippen LogP) is 3.61. The Morgan fingerprint density at radius 3 is 1.97 bits per heavy atom. The number of esters is 1. The van der Waals surface area contributed by atoms with E-state index in [0.717, 1.165) is 0 Å². The lowest BCUT2D eigenvalue weighted by atomic mass is 10.0. The number of ether oxygens (including phenoxy) is 6. The molecule has 0 bridgehead atoms. The first-order chi connectivity index (χ1) is 16.4. The molecule has 2 aromatic rings. The van der Waals surface area contributed by atoms with Gasteiger partial charge in [-0.3, -0.25) is 9.69 Å². The van der Waals surface area contributed by atoms with Crippen LogP contribution in [0.4, 0.5) is 5.69 Å². The molecule has 0 aliphatic carbocycles. The molecule has 0 unspecified atom stereocenters. The summed E-state index contributed by atoms with van der Waals surface area (Å²) in [4.78, 5) is 27.8. The average molecular weight is 469 g/mol. The molecule has 0 saturated heterocycles. The number of benzene rings is 2. The van der Waals surface area contributed by atoms with Crippen molar-refractivity contribution in [3.8, 4) is 28.7 Å². The molecule has 2 aromatic carbocycles. The molecule has 0 spiro atoms. The minimum absolute atomic E-state index is 0.138. The number of nitrogens with zero attached hydrogens (tertiary/aromatic N) is 1. The van der Waals surface area contributed by atoms with E-state index in [2.05, 4.69) is 0 Å². The fourth-order valence-electron chi connectivity index (χ4n) is 3.85. The zero-order valence-electron chi connectivity index (χ0n) is 20.2. The van der Waals surface area contributed by atoms with Gasteiger partial charge in [-0.1, -0.05) is 0 Å². The van der Waals surface area contributed by atoms with Crippen LogP contribution >= 0.6 is 0 Å². The Balaban J connectivity index is 2.21. The maximum atomic E-state index is 13.6. The second kappa shape index (κ2) is 10.2. The van der Waals surface area contributed by atoms with Gasteiger partial charge in [0.2, 0.25) is 5.75 Å². The molecular formula is C25H27NO8. The number of amides is 1. The molecule has 34 heavy (non-hydrogen) atoms. The van der Waals surface area contributed by atoms with Crippen LogP contribution < -0.4 is 28.6 Å². The lowest BCUT2D eigenvalue weighted by Gasteiger charge is -2.19. The highest BCUT2D eigenvalue weighted by Crippen LogP contribution is 2.43. The van der Waals surface area contributed by atoms with Crippen LogP contribution in [0.15, 0.2) is 47.2 Å². The molecule has 9 heteroatoms. The molecule has 3 rings (SSSR count). The molecule has 0 saturated carbocycles. The summed E-state index contributed by atoms with van der Waals surface area (Å²) in [6.45, 7) is 1.67. The van der Waals surface area contributed by atoms with Gasteiger partial charge in [-0.2, -0.15) is 0 Å². The van der Waals surface area contributed by atoms with Gasteiger partial charge >= 0.3 is 5.97 Å². The molecule has 180 valence electrons. The highest BCUT2D eigenvalue weighted by Gasteiger charge is 2.38. The van der Waals surface area contributed by atoms with Crippen molar-refractivity contribution in [1.82, 2.24) is 0 Å². The van der Waals surface area contributed by atoms with Gasteiger partial charge < -0.3 is 28.4 Å².